The second-order valence-electron chi connectivity index (χ2n) is 6.84. The fraction of sp³-hybridized carbons (Fsp3) is 0.300. The van der Waals surface area contributed by atoms with E-state index in [4.69, 9.17) is 9.15 Å². The standard InChI is InChI=1S/C20H21N5O3/c26-19-17(14-3-1-2-4-15(14)23-19)20-24-18-16(28-20)11-13(12-22-18)21-5-6-25-7-9-27-10-8-25/h1-4,11-12,21,23,26H,5-10H2. The van der Waals surface area contributed by atoms with Gasteiger partial charge in [-0.25, -0.2) is 4.98 Å². The number of benzene rings is 1. The van der Waals surface area contributed by atoms with Crippen molar-refractivity contribution in [3.8, 4) is 17.3 Å². The Labute approximate surface area is 161 Å². The van der Waals surface area contributed by atoms with E-state index in [0.717, 1.165) is 56.0 Å². The predicted molar refractivity (Wildman–Crippen MR) is 107 cm³/mol. The van der Waals surface area contributed by atoms with Gasteiger partial charge >= 0.3 is 0 Å². The molecule has 3 aromatic heterocycles. The highest BCUT2D eigenvalue weighted by Crippen LogP contribution is 2.37. The minimum absolute atomic E-state index is 0.0385. The molecule has 8 heteroatoms. The zero-order valence-corrected chi connectivity index (χ0v) is 15.3. The van der Waals surface area contributed by atoms with Crippen molar-refractivity contribution >= 4 is 27.8 Å². The van der Waals surface area contributed by atoms with E-state index in [1.54, 1.807) is 6.20 Å². The molecule has 144 valence electrons. The lowest BCUT2D eigenvalue weighted by Crippen LogP contribution is -2.39. The number of ether oxygens (including phenoxy) is 1. The van der Waals surface area contributed by atoms with Crippen LogP contribution in [0.3, 0.4) is 0 Å². The number of anilines is 1. The van der Waals surface area contributed by atoms with Crippen LogP contribution >= 0.6 is 0 Å². The molecule has 5 rings (SSSR count). The number of hydrogen-bond acceptors (Lipinski definition) is 7. The number of rotatable bonds is 5. The van der Waals surface area contributed by atoms with Crippen molar-refractivity contribution in [1.29, 1.82) is 0 Å². The summed E-state index contributed by atoms with van der Waals surface area (Å²) in [5.41, 5.74) is 3.35. The molecule has 0 saturated carbocycles. The topological polar surface area (TPSA) is 99.4 Å². The van der Waals surface area contributed by atoms with Gasteiger partial charge in [0.05, 0.1) is 25.1 Å². The molecule has 28 heavy (non-hydrogen) atoms. The van der Waals surface area contributed by atoms with Crippen LogP contribution in [-0.2, 0) is 4.74 Å². The Bertz CT molecular complexity index is 1110. The van der Waals surface area contributed by atoms with Crippen molar-refractivity contribution in [2.45, 2.75) is 0 Å². The summed E-state index contributed by atoms with van der Waals surface area (Å²) in [5, 5.41) is 14.5. The third kappa shape index (κ3) is 3.17. The van der Waals surface area contributed by atoms with E-state index in [1.165, 1.54) is 0 Å². The highest BCUT2D eigenvalue weighted by molar-refractivity contribution is 5.97. The summed E-state index contributed by atoms with van der Waals surface area (Å²) in [6, 6.07) is 9.53. The summed E-state index contributed by atoms with van der Waals surface area (Å²) in [5.74, 6) is 0.388. The Morgan fingerprint density at radius 2 is 2.07 bits per heavy atom. The molecular weight excluding hydrogens is 358 g/mol. The van der Waals surface area contributed by atoms with Crippen LogP contribution in [0.2, 0.25) is 0 Å². The van der Waals surface area contributed by atoms with Gasteiger partial charge in [-0.3, -0.25) is 4.90 Å². The second kappa shape index (κ2) is 7.14. The monoisotopic (exact) mass is 379 g/mol. The minimum Gasteiger partial charge on any atom is -0.494 e. The van der Waals surface area contributed by atoms with Gasteiger partial charge in [-0.2, -0.15) is 4.98 Å². The summed E-state index contributed by atoms with van der Waals surface area (Å²) in [4.78, 5) is 14.2. The Kier molecular flexibility index (Phi) is 4.34. The van der Waals surface area contributed by atoms with Gasteiger partial charge in [0.15, 0.2) is 11.2 Å². The van der Waals surface area contributed by atoms with Crippen LogP contribution in [0.4, 0.5) is 5.69 Å². The molecule has 4 aromatic rings. The number of fused-ring (bicyclic) bond motifs is 2. The van der Waals surface area contributed by atoms with E-state index >= 15 is 0 Å². The maximum Gasteiger partial charge on any atom is 0.234 e. The number of aromatic nitrogens is 3. The molecule has 1 aromatic carbocycles. The first kappa shape index (κ1) is 17.0. The first-order valence-corrected chi connectivity index (χ1v) is 9.38. The normalized spacial score (nSPS) is 15.4. The van der Waals surface area contributed by atoms with Crippen molar-refractivity contribution in [2.75, 3.05) is 44.7 Å². The number of hydrogen-bond donors (Lipinski definition) is 3. The van der Waals surface area contributed by atoms with E-state index in [-0.39, 0.29) is 5.88 Å². The molecule has 1 fully saturated rings. The lowest BCUT2D eigenvalue weighted by Gasteiger charge is -2.26. The number of aromatic hydroxyl groups is 1. The molecule has 3 N–H and O–H groups in total. The molecule has 0 amide bonds. The largest absolute Gasteiger partial charge is 0.494 e. The zero-order valence-electron chi connectivity index (χ0n) is 15.3. The summed E-state index contributed by atoms with van der Waals surface area (Å²) < 4.78 is 11.3. The molecule has 0 aliphatic carbocycles. The first-order valence-electron chi connectivity index (χ1n) is 9.38. The molecule has 0 spiro atoms. The Balaban J connectivity index is 1.37. The van der Waals surface area contributed by atoms with Crippen LogP contribution in [0, 0.1) is 0 Å². The van der Waals surface area contributed by atoms with Crippen molar-refractivity contribution in [3.05, 3.63) is 36.5 Å². The predicted octanol–water partition coefficient (Wildman–Crippen LogP) is 2.82. The second-order valence-corrected chi connectivity index (χ2v) is 6.84. The third-order valence-electron chi connectivity index (χ3n) is 5.01. The maximum atomic E-state index is 10.3. The third-order valence-corrected chi connectivity index (χ3v) is 5.01. The number of aromatic amines is 1. The quantitative estimate of drug-likeness (QED) is 0.490. The molecule has 0 bridgehead atoms. The van der Waals surface area contributed by atoms with Gasteiger partial charge in [-0.1, -0.05) is 18.2 Å². The lowest BCUT2D eigenvalue weighted by molar-refractivity contribution is 0.0398. The summed E-state index contributed by atoms with van der Waals surface area (Å²) >= 11 is 0. The van der Waals surface area contributed by atoms with Crippen LogP contribution in [0.5, 0.6) is 5.88 Å². The molecule has 0 radical (unpaired) electrons. The lowest BCUT2D eigenvalue weighted by atomic mass is 10.2. The fourth-order valence-electron chi connectivity index (χ4n) is 3.55. The number of H-pyrrole nitrogens is 1. The van der Waals surface area contributed by atoms with Gasteiger partial charge in [0.2, 0.25) is 11.8 Å². The van der Waals surface area contributed by atoms with Crippen LogP contribution < -0.4 is 5.32 Å². The van der Waals surface area contributed by atoms with Gasteiger partial charge in [-0.05, 0) is 6.07 Å². The average Bonchev–Trinajstić information content (AvgIpc) is 3.27. The van der Waals surface area contributed by atoms with Crippen molar-refractivity contribution in [1.82, 2.24) is 19.9 Å². The van der Waals surface area contributed by atoms with Crippen molar-refractivity contribution in [3.63, 3.8) is 0 Å². The van der Waals surface area contributed by atoms with Crippen LogP contribution in [0.15, 0.2) is 40.9 Å². The molecule has 1 aliphatic rings. The van der Waals surface area contributed by atoms with Gasteiger partial charge in [0.1, 0.15) is 5.56 Å². The average molecular weight is 379 g/mol. The van der Waals surface area contributed by atoms with Gasteiger partial charge < -0.3 is 24.6 Å². The highest BCUT2D eigenvalue weighted by Gasteiger charge is 2.19. The first-order chi connectivity index (χ1) is 13.8. The minimum atomic E-state index is 0.0385. The Morgan fingerprint density at radius 1 is 1.21 bits per heavy atom. The van der Waals surface area contributed by atoms with Gasteiger partial charge in [0.25, 0.3) is 0 Å². The van der Waals surface area contributed by atoms with Crippen molar-refractivity contribution < 1.29 is 14.3 Å². The molecule has 0 unspecified atom stereocenters. The highest BCUT2D eigenvalue weighted by atomic mass is 16.5. The van der Waals surface area contributed by atoms with Crippen LogP contribution in [0.25, 0.3) is 33.6 Å². The van der Waals surface area contributed by atoms with E-state index in [9.17, 15) is 5.11 Å². The summed E-state index contributed by atoms with van der Waals surface area (Å²) in [6.07, 6.45) is 1.75. The molecule has 1 saturated heterocycles. The van der Waals surface area contributed by atoms with E-state index in [2.05, 4.69) is 25.2 Å². The molecular formula is C20H21N5O3. The van der Waals surface area contributed by atoms with Gasteiger partial charge in [-0.15, -0.1) is 0 Å². The SMILES string of the molecule is Oc1[nH]c2ccccc2c1-c1nc2ncc(NCCN3CCOCC3)cc2o1. The number of nitrogens with one attached hydrogen (secondary N) is 2. The zero-order chi connectivity index (χ0) is 18.9. The molecule has 1 aliphatic heterocycles. The fourth-order valence-corrected chi connectivity index (χ4v) is 3.55. The number of para-hydroxylation sites is 1. The van der Waals surface area contributed by atoms with E-state index < -0.39 is 0 Å². The number of morpholine rings is 1. The number of pyridine rings is 1. The summed E-state index contributed by atoms with van der Waals surface area (Å²) in [6.45, 7) is 5.31. The molecule has 4 heterocycles. The van der Waals surface area contributed by atoms with Gasteiger partial charge in [0, 0.05) is 43.1 Å². The van der Waals surface area contributed by atoms with E-state index in [0.29, 0.717) is 22.7 Å². The maximum absolute atomic E-state index is 10.3. The smallest absolute Gasteiger partial charge is 0.234 e. The molecule has 0 atom stereocenters. The van der Waals surface area contributed by atoms with Crippen LogP contribution in [-0.4, -0.2) is 64.4 Å². The number of oxazole rings is 1. The Hall–Kier alpha value is -3.10. The molecule has 8 nitrogen and oxygen atoms in total. The number of nitrogens with zero attached hydrogens (tertiary/aromatic N) is 3. The van der Waals surface area contributed by atoms with Crippen LogP contribution in [0.1, 0.15) is 0 Å². The van der Waals surface area contributed by atoms with Crippen molar-refractivity contribution in [2.24, 2.45) is 0 Å². The Morgan fingerprint density at radius 3 is 2.96 bits per heavy atom. The summed E-state index contributed by atoms with van der Waals surface area (Å²) in [7, 11) is 0. The van der Waals surface area contributed by atoms with E-state index in [1.807, 2.05) is 30.3 Å².